The smallest absolute Gasteiger partial charge is 0.254 e. The molecular weight excluding hydrogens is 309 g/mol. The zero-order chi connectivity index (χ0) is 14.9. The fraction of sp³-hybridized carbons (Fsp3) is 0.231. The van der Waals surface area contributed by atoms with Crippen LogP contribution < -0.4 is 0 Å². The lowest BCUT2D eigenvalue weighted by Crippen LogP contribution is -2.06. The maximum atomic E-state index is 12.6. The third-order valence-corrected chi connectivity index (χ3v) is 3.86. The molecule has 0 radical (unpaired) electrons. The van der Waals surface area contributed by atoms with E-state index in [-0.39, 0.29) is 5.02 Å². The molecule has 106 valence electrons. The molecule has 0 spiro atoms. The molecule has 7 heteroatoms. The molecule has 2 rings (SSSR count). The molecule has 0 bridgehead atoms. The molecule has 2 nitrogen and oxygen atoms in total. The highest BCUT2D eigenvalue weighted by atomic mass is 35.5. The van der Waals surface area contributed by atoms with E-state index in [4.69, 9.17) is 11.6 Å². The Morgan fingerprint density at radius 3 is 2.50 bits per heavy atom. The summed E-state index contributed by atoms with van der Waals surface area (Å²) in [6.45, 7) is 1.84. The normalized spacial score (nSPS) is 11.7. The van der Waals surface area contributed by atoms with Crippen LogP contribution in [0.1, 0.15) is 11.1 Å². The first-order valence-electron chi connectivity index (χ1n) is 5.57. The van der Waals surface area contributed by atoms with Gasteiger partial charge in [-0.1, -0.05) is 11.6 Å². The van der Waals surface area contributed by atoms with Crippen molar-refractivity contribution < 1.29 is 13.2 Å². The topological polar surface area (TPSA) is 25.8 Å². The molecule has 0 aromatic carbocycles. The zero-order valence-electron chi connectivity index (χ0n) is 10.6. The first-order valence-corrected chi connectivity index (χ1v) is 7.17. The van der Waals surface area contributed by atoms with E-state index in [9.17, 15) is 13.2 Å². The Labute approximate surface area is 123 Å². The van der Waals surface area contributed by atoms with Gasteiger partial charge in [0.1, 0.15) is 0 Å². The summed E-state index contributed by atoms with van der Waals surface area (Å²) in [7, 11) is 0. The van der Waals surface area contributed by atoms with E-state index in [1.54, 1.807) is 12.3 Å². The van der Waals surface area contributed by atoms with Crippen molar-refractivity contribution >= 4 is 23.4 Å². The lowest BCUT2D eigenvalue weighted by molar-refractivity contribution is -0.137. The number of aromatic nitrogens is 2. The van der Waals surface area contributed by atoms with Gasteiger partial charge < -0.3 is 0 Å². The van der Waals surface area contributed by atoms with Crippen molar-refractivity contribution in [1.82, 2.24) is 9.97 Å². The van der Waals surface area contributed by atoms with E-state index in [0.717, 1.165) is 22.9 Å². The van der Waals surface area contributed by atoms with Gasteiger partial charge in [-0.25, -0.2) is 4.98 Å². The van der Waals surface area contributed by atoms with Crippen LogP contribution in [0.25, 0.3) is 11.3 Å². The zero-order valence-corrected chi connectivity index (χ0v) is 12.2. The minimum Gasteiger partial charge on any atom is -0.254 e. The molecule has 0 aliphatic rings. The average molecular weight is 319 g/mol. The van der Waals surface area contributed by atoms with Crippen molar-refractivity contribution in [1.29, 1.82) is 0 Å². The Bertz CT molecular complexity index is 644. The van der Waals surface area contributed by atoms with Crippen LogP contribution >= 0.6 is 23.4 Å². The van der Waals surface area contributed by atoms with Gasteiger partial charge in [0.25, 0.3) is 0 Å². The molecule has 0 amide bonds. The molecule has 0 fully saturated rings. The largest absolute Gasteiger partial charge is 0.417 e. The number of halogens is 4. The SMILES string of the molecule is CSc1nccc(-c2ncc(C(F)(F)F)cc2Cl)c1C. The lowest BCUT2D eigenvalue weighted by atomic mass is 10.1. The van der Waals surface area contributed by atoms with Crippen molar-refractivity contribution in [3.63, 3.8) is 0 Å². The first kappa shape index (κ1) is 15.1. The summed E-state index contributed by atoms with van der Waals surface area (Å²) in [6.07, 6.45) is -0.197. The number of rotatable bonds is 2. The van der Waals surface area contributed by atoms with E-state index in [1.807, 2.05) is 13.2 Å². The Morgan fingerprint density at radius 2 is 1.95 bits per heavy atom. The number of nitrogens with zero attached hydrogens (tertiary/aromatic N) is 2. The maximum Gasteiger partial charge on any atom is 0.417 e. The van der Waals surface area contributed by atoms with Gasteiger partial charge in [0.2, 0.25) is 0 Å². The van der Waals surface area contributed by atoms with Gasteiger partial charge in [0.05, 0.1) is 21.3 Å². The number of hydrogen-bond donors (Lipinski definition) is 0. The van der Waals surface area contributed by atoms with Crippen molar-refractivity contribution in [2.45, 2.75) is 18.1 Å². The van der Waals surface area contributed by atoms with Gasteiger partial charge in [-0.2, -0.15) is 13.2 Å². The number of pyridine rings is 2. The highest BCUT2D eigenvalue weighted by Gasteiger charge is 2.31. The second kappa shape index (κ2) is 5.61. The van der Waals surface area contributed by atoms with Crippen LogP contribution in [-0.2, 0) is 6.18 Å². The second-order valence-corrected chi connectivity index (χ2v) is 5.25. The van der Waals surface area contributed by atoms with Crippen LogP contribution in [0.2, 0.25) is 5.02 Å². The Kier molecular flexibility index (Phi) is 4.25. The molecule has 0 saturated carbocycles. The highest BCUT2D eigenvalue weighted by Crippen LogP contribution is 2.36. The monoisotopic (exact) mass is 318 g/mol. The molecule has 0 aliphatic carbocycles. The second-order valence-electron chi connectivity index (χ2n) is 4.04. The fourth-order valence-electron chi connectivity index (χ4n) is 1.77. The Balaban J connectivity index is 2.55. The van der Waals surface area contributed by atoms with E-state index in [0.29, 0.717) is 11.3 Å². The van der Waals surface area contributed by atoms with Crippen molar-refractivity contribution in [3.8, 4) is 11.3 Å². The third kappa shape index (κ3) is 2.91. The average Bonchev–Trinajstić information content (AvgIpc) is 2.38. The summed E-state index contributed by atoms with van der Waals surface area (Å²) in [5, 5.41) is 0.765. The van der Waals surface area contributed by atoms with Gasteiger partial charge >= 0.3 is 6.18 Å². The minimum atomic E-state index is -4.45. The predicted molar refractivity (Wildman–Crippen MR) is 74.0 cm³/mol. The predicted octanol–water partition coefficient (Wildman–Crippen LogP) is 4.85. The van der Waals surface area contributed by atoms with Crippen LogP contribution in [0.4, 0.5) is 13.2 Å². The van der Waals surface area contributed by atoms with Crippen LogP contribution in [0.3, 0.4) is 0 Å². The first-order chi connectivity index (χ1) is 9.34. The molecule has 0 N–H and O–H groups in total. The van der Waals surface area contributed by atoms with Crippen LogP contribution in [-0.4, -0.2) is 16.2 Å². The number of alkyl halides is 3. The summed E-state index contributed by atoms with van der Waals surface area (Å²) in [4.78, 5) is 8.04. The highest BCUT2D eigenvalue weighted by molar-refractivity contribution is 7.98. The van der Waals surface area contributed by atoms with Crippen molar-refractivity contribution in [3.05, 3.63) is 40.7 Å². The van der Waals surface area contributed by atoms with Crippen LogP contribution in [0.15, 0.2) is 29.6 Å². The van der Waals surface area contributed by atoms with Gasteiger partial charge in [0.15, 0.2) is 0 Å². The Morgan fingerprint density at radius 1 is 1.25 bits per heavy atom. The maximum absolute atomic E-state index is 12.6. The standard InChI is InChI=1S/C13H10ClF3N2S/c1-7-9(3-4-18-12(7)20-2)11-10(14)5-8(6-19-11)13(15,16)17/h3-6H,1-2H3. The summed E-state index contributed by atoms with van der Waals surface area (Å²) in [6, 6.07) is 2.58. The summed E-state index contributed by atoms with van der Waals surface area (Å²) in [5.74, 6) is 0. The molecule has 0 aliphatic heterocycles. The molecule has 20 heavy (non-hydrogen) atoms. The molecule has 2 heterocycles. The van der Waals surface area contributed by atoms with E-state index in [1.165, 1.54) is 11.8 Å². The minimum absolute atomic E-state index is 0.0267. The molecule has 0 saturated heterocycles. The molecular formula is C13H10ClF3N2S. The van der Waals surface area contributed by atoms with Gasteiger partial charge in [-0.3, -0.25) is 4.98 Å². The molecule has 0 atom stereocenters. The summed E-state index contributed by atoms with van der Waals surface area (Å²) >= 11 is 7.40. The summed E-state index contributed by atoms with van der Waals surface area (Å²) in [5.41, 5.74) is 0.996. The van der Waals surface area contributed by atoms with Crippen LogP contribution in [0, 0.1) is 6.92 Å². The van der Waals surface area contributed by atoms with Crippen molar-refractivity contribution in [2.75, 3.05) is 6.26 Å². The molecule has 2 aromatic rings. The van der Waals surface area contributed by atoms with E-state index < -0.39 is 11.7 Å². The fourth-order valence-corrected chi connectivity index (χ4v) is 2.62. The molecule has 0 unspecified atom stereocenters. The third-order valence-electron chi connectivity index (χ3n) is 2.77. The van der Waals surface area contributed by atoms with E-state index in [2.05, 4.69) is 9.97 Å². The number of thioether (sulfide) groups is 1. The molecule has 2 aromatic heterocycles. The quantitative estimate of drug-likeness (QED) is 0.740. The number of hydrogen-bond acceptors (Lipinski definition) is 3. The summed E-state index contributed by atoms with van der Waals surface area (Å²) < 4.78 is 37.8. The van der Waals surface area contributed by atoms with E-state index >= 15 is 0 Å². The van der Waals surface area contributed by atoms with Gasteiger partial charge in [0, 0.05) is 18.0 Å². The van der Waals surface area contributed by atoms with Crippen molar-refractivity contribution in [2.24, 2.45) is 0 Å². The van der Waals surface area contributed by atoms with Crippen LogP contribution in [0.5, 0.6) is 0 Å². The van der Waals surface area contributed by atoms with Gasteiger partial charge in [-0.15, -0.1) is 11.8 Å². The lowest BCUT2D eigenvalue weighted by Gasteiger charge is -2.12. The Hall–Kier alpha value is -1.27. The van der Waals surface area contributed by atoms with Gasteiger partial charge in [-0.05, 0) is 30.9 Å².